The first-order valence-electron chi connectivity index (χ1n) is 8.04. The Hall–Kier alpha value is -1.71. The average molecular weight is 287 g/mol. The molecule has 0 radical (unpaired) electrons. The number of carbonyl (C=O) groups is 1. The standard InChI is InChI=1S/C17H25N3O/c1-13-3-2-4-16(13)17(21)20-11-9-19(10-12-20)15-7-5-14(18)6-8-15/h5-8,13,16H,2-4,9-12,18H2,1H3. The highest BCUT2D eigenvalue weighted by Crippen LogP contribution is 2.33. The molecule has 3 rings (SSSR count). The lowest BCUT2D eigenvalue weighted by molar-refractivity contribution is -0.136. The Labute approximate surface area is 126 Å². The first-order chi connectivity index (χ1) is 10.1. The molecule has 1 saturated carbocycles. The molecule has 114 valence electrons. The molecule has 1 heterocycles. The van der Waals surface area contributed by atoms with Gasteiger partial charge in [0, 0.05) is 43.5 Å². The van der Waals surface area contributed by atoms with Crippen molar-refractivity contribution in [2.75, 3.05) is 36.8 Å². The van der Waals surface area contributed by atoms with E-state index in [9.17, 15) is 4.79 Å². The average Bonchev–Trinajstić information content (AvgIpc) is 2.94. The second kappa shape index (κ2) is 5.96. The van der Waals surface area contributed by atoms with E-state index in [4.69, 9.17) is 5.73 Å². The zero-order chi connectivity index (χ0) is 14.8. The van der Waals surface area contributed by atoms with Crippen LogP contribution in [0.4, 0.5) is 11.4 Å². The molecule has 1 saturated heterocycles. The normalized spacial score (nSPS) is 26.1. The van der Waals surface area contributed by atoms with Gasteiger partial charge in [0.2, 0.25) is 5.91 Å². The molecule has 2 aliphatic rings. The van der Waals surface area contributed by atoms with Crippen LogP contribution in [-0.2, 0) is 4.79 Å². The number of benzene rings is 1. The van der Waals surface area contributed by atoms with Crippen molar-refractivity contribution in [1.82, 2.24) is 4.90 Å². The van der Waals surface area contributed by atoms with Crippen LogP contribution in [0.2, 0.25) is 0 Å². The third-order valence-corrected chi connectivity index (χ3v) is 5.03. The lowest BCUT2D eigenvalue weighted by atomic mass is 9.96. The SMILES string of the molecule is CC1CCCC1C(=O)N1CCN(c2ccc(N)cc2)CC1. The van der Waals surface area contributed by atoms with Crippen LogP contribution in [0, 0.1) is 11.8 Å². The Morgan fingerprint density at radius 3 is 2.33 bits per heavy atom. The van der Waals surface area contributed by atoms with Gasteiger partial charge in [-0.3, -0.25) is 4.79 Å². The molecule has 1 amide bonds. The van der Waals surface area contributed by atoms with Crippen molar-refractivity contribution in [2.24, 2.45) is 11.8 Å². The molecule has 1 aliphatic carbocycles. The summed E-state index contributed by atoms with van der Waals surface area (Å²) in [5, 5.41) is 0. The molecule has 4 heteroatoms. The van der Waals surface area contributed by atoms with E-state index in [2.05, 4.69) is 28.9 Å². The Bertz CT molecular complexity index is 491. The summed E-state index contributed by atoms with van der Waals surface area (Å²) in [6.07, 6.45) is 3.50. The molecular weight excluding hydrogens is 262 g/mol. The van der Waals surface area contributed by atoms with E-state index in [0.717, 1.165) is 38.3 Å². The van der Waals surface area contributed by atoms with E-state index < -0.39 is 0 Å². The highest BCUT2D eigenvalue weighted by Gasteiger charge is 2.33. The lowest BCUT2D eigenvalue weighted by Crippen LogP contribution is -2.50. The van der Waals surface area contributed by atoms with Crippen molar-refractivity contribution in [3.63, 3.8) is 0 Å². The third-order valence-electron chi connectivity index (χ3n) is 5.03. The summed E-state index contributed by atoms with van der Waals surface area (Å²) in [5.74, 6) is 1.22. The predicted octanol–water partition coefficient (Wildman–Crippen LogP) is 2.35. The van der Waals surface area contributed by atoms with Crippen molar-refractivity contribution in [1.29, 1.82) is 0 Å². The van der Waals surface area contributed by atoms with E-state index in [0.29, 0.717) is 11.8 Å². The minimum atomic E-state index is 0.271. The molecule has 0 aromatic heterocycles. The van der Waals surface area contributed by atoms with Crippen LogP contribution in [0.1, 0.15) is 26.2 Å². The van der Waals surface area contributed by atoms with Crippen LogP contribution in [0.25, 0.3) is 0 Å². The maximum absolute atomic E-state index is 12.6. The largest absolute Gasteiger partial charge is 0.399 e. The van der Waals surface area contributed by atoms with Crippen LogP contribution in [-0.4, -0.2) is 37.0 Å². The summed E-state index contributed by atoms with van der Waals surface area (Å²) in [5.41, 5.74) is 7.72. The van der Waals surface area contributed by atoms with E-state index in [1.54, 1.807) is 0 Å². The molecule has 4 nitrogen and oxygen atoms in total. The second-order valence-corrected chi connectivity index (χ2v) is 6.42. The molecule has 2 unspecified atom stereocenters. The number of nitrogen functional groups attached to an aromatic ring is 1. The summed E-state index contributed by atoms with van der Waals surface area (Å²) >= 11 is 0. The van der Waals surface area contributed by atoms with Crippen molar-refractivity contribution in [3.8, 4) is 0 Å². The van der Waals surface area contributed by atoms with Gasteiger partial charge in [-0.05, 0) is 43.0 Å². The lowest BCUT2D eigenvalue weighted by Gasteiger charge is -2.37. The van der Waals surface area contributed by atoms with E-state index in [1.165, 1.54) is 18.5 Å². The monoisotopic (exact) mass is 287 g/mol. The van der Waals surface area contributed by atoms with Gasteiger partial charge >= 0.3 is 0 Å². The molecule has 0 spiro atoms. The second-order valence-electron chi connectivity index (χ2n) is 6.42. The number of rotatable bonds is 2. The van der Waals surface area contributed by atoms with E-state index >= 15 is 0 Å². The minimum absolute atomic E-state index is 0.271. The van der Waals surface area contributed by atoms with Crippen molar-refractivity contribution < 1.29 is 4.79 Å². The summed E-state index contributed by atoms with van der Waals surface area (Å²) in [4.78, 5) is 17.0. The van der Waals surface area contributed by atoms with Crippen molar-refractivity contribution >= 4 is 17.3 Å². The van der Waals surface area contributed by atoms with Crippen LogP contribution in [0.3, 0.4) is 0 Å². The summed E-state index contributed by atoms with van der Waals surface area (Å²) < 4.78 is 0. The number of hydrogen-bond donors (Lipinski definition) is 1. The maximum atomic E-state index is 12.6. The topological polar surface area (TPSA) is 49.6 Å². The van der Waals surface area contributed by atoms with Gasteiger partial charge in [-0.2, -0.15) is 0 Å². The number of amides is 1. The van der Waals surface area contributed by atoms with Gasteiger partial charge in [-0.15, -0.1) is 0 Å². The highest BCUT2D eigenvalue weighted by molar-refractivity contribution is 5.79. The van der Waals surface area contributed by atoms with Gasteiger partial charge in [0.25, 0.3) is 0 Å². The molecule has 2 fully saturated rings. The maximum Gasteiger partial charge on any atom is 0.226 e. The molecule has 1 aliphatic heterocycles. The Morgan fingerprint density at radius 2 is 1.76 bits per heavy atom. The van der Waals surface area contributed by atoms with Crippen LogP contribution < -0.4 is 10.6 Å². The molecule has 2 atom stereocenters. The zero-order valence-corrected chi connectivity index (χ0v) is 12.8. The number of nitrogens with two attached hydrogens (primary N) is 1. The molecule has 0 bridgehead atoms. The van der Waals surface area contributed by atoms with E-state index in [-0.39, 0.29) is 5.92 Å². The molecule has 21 heavy (non-hydrogen) atoms. The minimum Gasteiger partial charge on any atom is -0.399 e. The van der Waals surface area contributed by atoms with Gasteiger partial charge in [-0.1, -0.05) is 13.3 Å². The van der Waals surface area contributed by atoms with E-state index in [1.807, 2.05) is 12.1 Å². The first-order valence-corrected chi connectivity index (χ1v) is 8.04. The van der Waals surface area contributed by atoms with Crippen molar-refractivity contribution in [2.45, 2.75) is 26.2 Å². The predicted molar refractivity (Wildman–Crippen MR) is 86.2 cm³/mol. The quantitative estimate of drug-likeness (QED) is 0.850. The molecule has 1 aromatic rings. The zero-order valence-electron chi connectivity index (χ0n) is 12.8. The van der Waals surface area contributed by atoms with Crippen LogP contribution >= 0.6 is 0 Å². The summed E-state index contributed by atoms with van der Waals surface area (Å²) in [6.45, 7) is 5.73. The smallest absolute Gasteiger partial charge is 0.226 e. The number of anilines is 2. The summed E-state index contributed by atoms with van der Waals surface area (Å²) in [7, 11) is 0. The van der Waals surface area contributed by atoms with Gasteiger partial charge in [0.1, 0.15) is 0 Å². The molecule has 1 aromatic carbocycles. The highest BCUT2D eigenvalue weighted by atomic mass is 16.2. The molecular formula is C17H25N3O. The third kappa shape index (κ3) is 2.99. The fraction of sp³-hybridized carbons (Fsp3) is 0.588. The van der Waals surface area contributed by atoms with Gasteiger partial charge in [0.05, 0.1) is 0 Å². The first kappa shape index (κ1) is 14.2. The van der Waals surface area contributed by atoms with Crippen molar-refractivity contribution in [3.05, 3.63) is 24.3 Å². The van der Waals surface area contributed by atoms with Gasteiger partial charge < -0.3 is 15.5 Å². The van der Waals surface area contributed by atoms with Crippen LogP contribution in [0.15, 0.2) is 24.3 Å². The number of piperazine rings is 1. The Kier molecular flexibility index (Phi) is 4.04. The molecule has 2 N–H and O–H groups in total. The number of nitrogens with zero attached hydrogens (tertiary/aromatic N) is 2. The van der Waals surface area contributed by atoms with Crippen LogP contribution in [0.5, 0.6) is 0 Å². The summed E-state index contributed by atoms with van der Waals surface area (Å²) in [6, 6.07) is 8.00. The van der Waals surface area contributed by atoms with Gasteiger partial charge in [-0.25, -0.2) is 0 Å². The fourth-order valence-electron chi connectivity index (χ4n) is 3.62. The number of carbonyl (C=O) groups excluding carboxylic acids is 1. The van der Waals surface area contributed by atoms with Gasteiger partial charge in [0.15, 0.2) is 0 Å². The Balaban J connectivity index is 1.57. The number of hydrogen-bond acceptors (Lipinski definition) is 3. The fourth-order valence-corrected chi connectivity index (χ4v) is 3.62. The Morgan fingerprint density at radius 1 is 1.10 bits per heavy atom.